The molecule has 0 atom stereocenters. The number of nitrogens with one attached hydrogen (secondary N) is 1. The van der Waals surface area contributed by atoms with Crippen LogP contribution in [0.4, 0.5) is 5.69 Å². The summed E-state index contributed by atoms with van der Waals surface area (Å²) >= 11 is 0. The molecule has 0 bridgehead atoms. The van der Waals surface area contributed by atoms with E-state index in [1.807, 2.05) is 32.0 Å². The van der Waals surface area contributed by atoms with E-state index < -0.39 is 10.0 Å². The summed E-state index contributed by atoms with van der Waals surface area (Å²) in [4.78, 5) is 9.39. The number of hydrogen-bond donors (Lipinski definition) is 1. The van der Waals surface area contributed by atoms with E-state index in [0.29, 0.717) is 11.4 Å². The maximum Gasteiger partial charge on any atom is 0.243 e. The van der Waals surface area contributed by atoms with Crippen molar-refractivity contribution in [3.05, 3.63) is 60.2 Å². The highest BCUT2D eigenvalue weighted by atomic mass is 127. The van der Waals surface area contributed by atoms with Crippen molar-refractivity contribution < 1.29 is 8.42 Å². The molecular formula is C23H34IN5O2S. The molecule has 2 aromatic carbocycles. The van der Waals surface area contributed by atoms with Crippen LogP contribution in [0.25, 0.3) is 0 Å². The molecule has 1 aliphatic rings. The lowest BCUT2D eigenvalue weighted by atomic mass is 10.2. The Kier molecular flexibility index (Phi) is 9.78. The van der Waals surface area contributed by atoms with Crippen LogP contribution >= 0.6 is 24.0 Å². The summed E-state index contributed by atoms with van der Waals surface area (Å²) in [5.74, 6) is 0.865. The lowest BCUT2D eigenvalue weighted by Gasteiger charge is -2.37. The summed E-state index contributed by atoms with van der Waals surface area (Å²) in [5.41, 5.74) is 2.26. The number of nitrogens with zero attached hydrogens (tertiary/aromatic N) is 4. The molecule has 1 heterocycles. The SMILES string of the molecule is CN=C(NCc1ccc(S(=O)(=O)N(C)C(C)C)cc1)N1CCN(c2ccccc2)CC1.I. The first-order chi connectivity index (χ1) is 14.8. The number of benzene rings is 2. The summed E-state index contributed by atoms with van der Waals surface area (Å²) < 4.78 is 26.6. The number of rotatable bonds is 6. The molecule has 3 rings (SSSR count). The number of guanidine groups is 1. The van der Waals surface area contributed by atoms with Crippen LogP contribution in [-0.4, -0.2) is 69.9 Å². The Morgan fingerprint density at radius 3 is 2.16 bits per heavy atom. The zero-order chi connectivity index (χ0) is 22.4. The minimum absolute atomic E-state index is 0. The number of aliphatic imine (C=N–C) groups is 1. The van der Waals surface area contributed by atoms with Gasteiger partial charge >= 0.3 is 0 Å². The van der Waals surface area contributed by atoms with Crippen molar-refractivity contribution in [1.29, 1.82) is 0 Å². The summed E-state index contributed by atoms with van der Waals surface area (Å²) in [7, 11) is -0.0568. The number of anilines is 1. The summed E-state index contributed by atoms with van der Waals surface area (Å²) in [5, 5.41) is 3.41. The number of hydrogen-bond acceptors (Lipinski definition) is 4. The van der Waals surface area contributed by atoms with E-state index in [4.69, 9.17) is 0 Å². The first-order valence-electron chi connectivity index (χ1n) is 10.7. The van der Waals surface area contributed by atoms with Crippen LogP contribution in [0.15, 0.2) is 64.5 Å². The Bertz CT molecular complexity index is 973. The lowest BCUT2D eigenvalue weighted by Crippen LogP contribution is -2.52. The van der Waals surface area contributed by atoms with Gasteiger partial charge < -0.3 is 15.1 Å². The maximum atomic E-state index is 12.6. The fourth-order valence-corrected chi connectivity index (χ4v) is 4.92. The molecule has 0 unspecified atom stereocenters. The second kappa shape index (κ2) is 11.9. The van der Waals surface area contributed by atoms with E-state index in [9.17, 15) is 8.42 Å². The number of halogens is 1. The van der Waals surface area contributed by atoms with Gasteiger partial charge in [-0.15, -0.1) is 24.0 Å². The van der Waals surface area contributed by atoms with E-state index in [1.54, 1.807) is 26.2 Å². The summed E-state index contributed by atoms with van der Waals surface area (Å²) in [6.07, 6.45) is 0. The molecule has 1 N–H and O–H groups in total. The van der Waals surface area contributed by atoms with E-state index in [1.165, 1.54) is 9.99 Å². The summed E-state index contributed by atoms with van der Waals surface area (Å²) in [6, 6.07) is 17.4. The van der Waals surface area contributed by atoms with Crippen molar-refractivity contribution in [3.8, 4) is 0 Å². The second-order valence-corrected chi connectivity index (χ2v) is 9.97. The quantitative estimate of drug-likeness (QED) is 0.328. The Labute approximate surface area is 209 Å². The molecule has 2 aromatic rings. The fraction of sp³-hybridized carbons (Fsp3) is 0.435. The molecule has 176 valence electrons. The van der Waals surface area contributed by atoms with Crippen molar-refractivity contribution >= 4 is 45.6 Å². The van der Waals surface area contributed by atoms with Gasteiger partial charge in [0.05, 0.1) is 4.90 Å². The van der Waals surface area contributed by atoms with Crippen LogP contribution in [0.2, 0.25) is 0 Å². The third kappa shape index (κ3) is 6.35. The van der Waals surface area contributed by atoms with Crippen molar-refractivity contribution in [1.82, 2.24) is 14.5 Å². The van der Waals surface area contributed by atoms with Crippen LogP contribution in [0.5, 0.6) is 0 Å². The lowest BCUT2D eigenvalue weighted by molar-refractivity contribution is 0.372. The number of para-hydroxylation sites is 1. The molecule has 0 radical (unpaired) electrons. The molecule has 9 heteroatoms. The molecule has 1 aliphatic heterocycles. The largest absolute Gasteiger partial charge is 0.368 e. The average molecular weight is 572 g/mol. The predicted octanol–water partition coefficient (Wildman–Crippen LogP) is 3.23. The van der Waals surface area contributed by atoms with Gasteiger partial charge in [-0.25, -0.2) is 8.42 Å². The van der Waals surface area contributed by atoms with Crippen molar-refractivity contribution in [2.24, 2.45) is 4.99 Å². The Morgan fingerprint density at radius 1 is 1.03 bits per heavy atom. The van der Waals surface area contributed by atoms with E-state index in [2.05, 4.69) is 44.4 Å². The van der Waals surface area contributed by atoms with Crippen LogP contribution in [0.1, 0.15) is 19.4 Å². The first kappa shape index (κ1) is 26.4. The molecule has 7 nitrogen and oxygen atoms in total. The van der Waals surface area contributed by atoms with Crippen molar-refractivity contribution in [2.45, 2.75) is 31.3 Å². The van der Waals surface area contributed by atoms with E-state index in [-0.39, 0.29) is 30.0 Å². The van der Waals surface area contributed by atoms with Crippen LogP contribution in [0.3, 0.4) is 0 Å². The first-order valence-corrected chi connectivity index (χ1v) is 12.1. The fourth-order valence-electron chi connectivity index (χ4n) is 3.55. The molecule has 0 aliphatic carbocycles. The van der Waals surface area contributed by atoms with Gasteiger partial charge in [0.2, 0.25) is 10.0 Å². The standard InChI is InChI=1S/C23H33N5O2S.HI/c1-19(2)26(4)31(29,30)22-12-10-20(11-13-22)18-25-23(24-3)28-16-14-27(15-17-28)21-8-6-5-7-9-21;/h5-13,19H,14-18H2,1-4H3,(H,24,25);1H. The van der Waals surface area contributed by atoms with Gasteiger partial charge in [0.25, 0.3) is 0 Å². The molecule has 0 amide bonds. The highest BCUT2D eigenvalue weighted by molar-refractivity contribution is 14.0. The van der Waals surface area contributed by atoms with E-state index in [0.717, 1.165) is 37.7 Å². The monoisotopic (exact) mass is 571 g/mol. The van der Waals surface area contributed by atoms with Gasteiger partial charge in [-0.3, -0.25) is 4.99 Å². The van der Waals surface area contributed by atoms with E-state index >= 15 is 0 Å². The minimum Gasteiger partial charge on any atom is -0.368 e. The zero-order valence-electron chi connectivity index (χ0n) is 19.2. The Balaban J connectivity index is 0.00000363. The smallest absolute Gasteiger partial charge is 0.243 e. The normalized spacial score (nSPS) is 15.1. The summed E-state index contributed by atoms with van der Waals surface area (Å²) in [6.45, 7) is 8.00. The molecular weight excluding hydrogens is 537 g/mol. The maximum absolute atomic E-state index is 12.6. The van der Waals surface area contributed by atoms with Gasteiger partial charge in [0.1, 0.15) is 0 Å². The molecule has 1 saturated heterocycles. The molecule has 32 heavy (non-hydrogen) atoms. The zero-order valence-corrected chi connectivity index (χ0v) is 22.4. The van der Waals surface area contributed by atoms with Crippen molar-refractivity contribution in [2.75, 3.05) is 45.2 Å². The topological polar surface area (TPSA) is 68.2 Å². The average Bonchev–Trinajstić information content (AvgIpc) is 2.80. The Hall–Kier alpha value is -1.85. The minimum atomic E-state index is -3.46. The molecule has 0 spiro atoms. The van der Waals surface area contributed by atoms with Crippen LogP contribution in [-0.2, 0) is 16.6 Å². The van der Waals surface area contributed by atoms with Gasteiger partial charge in [-0.1, -0.05) is 30.3 Å². The van der Waals surface area contributed by atoms with Gasteiger partial charge in [-0.2, -0.15) is 4.31 Å². The second-order valence-electron chi connectivity index (χ2n) is 7.97. The van der Waals surface area contributed by atoms with Gasteiger partial charge in [0.15, 0.2) is 5.96 Å². The van der Waals surface area contributed by atoms with Crippen molar-refractivity contribution in [3.63, 3.8) is 0 Å². The molecule has 0 aromatic heterocycles. The van der Waals surface area contributed by atoms with Gasteiger partial charge in [0, 0.05) is 58.5 Å². The highest BCUT2D eigenvalue weighted by Gasteiger charge is 2.23. The van der Waals surface area contributed by atoms with Crippen LogP contribution in [0, 0.1) is 0 Å². The predicted molar refractivity (Wildman–Crippen MR) is 142 cm³/mol. The highest BCUT2D eigenvalue weighted by Crippen LogP contribution is 2.18. The molecule has 1 fully saturated rings. The molecule has 0 saturated carbocycles. The number of sulfonamides is 1. The number of piperazine rings is 1. The van der Waals surface area contributed by atoms with Crippen LogP contribution < -0.4 is 10.2 Å². The Morgan fingerprint density at radius 2 is 1.62 bits per heavy atom. The third-order valence-corrected chi connectivity index (χ3v) is 7.74. The van der Waals surface area contributed by atoms with Gasteiger partial charge in [-0.05, 0) is 43.7 Å². The third-order valence-electron chi connectivity index (χ3n) is 5.69.